The summed E-state index contributed by atoms with van der Waals surface area (Å²) in [5, 5.41) is 13.7. The van der Waals surface area contributed by atoms with Gasteiger partial charge in [0.05, 0.1) is 0 Å². The van der Waals surface area contributed by atoms with E-state index in [0.29, 0.717) is 5.82 Å². The van der Waals surface area contributed by atoms with Gasteiger partial charge in [-0.25, -0.2) is 0 Å². The number of aryl methyl sites for hydroxylation is 1. The second-order valence-electron chi connectivity index (χ2n) is 3.86. The normalized spacial score (nSPS) is 24.7. The van der Waals surface area contributed by atoms with E-state index in [1.165, 1.54) is 6.33 Å². The first-order chi connectivity index (χ1) is 7.08. The van der Waals surface area contributed by atoms with E-state index in [9.17, 15) is 10.1 Å². The van der Waals surface area contributed by atoms with Crippen molar-refractivity contribution in [2.75, 3.05) is 5.32 Å². The first-order valence-electron chi connectivity index (χ1n) is 4.75. The molecule has 1 aliphatic carbocycles. The summed E-state index contributed by atoms with van der Waals surface area (Å²) in [4.78, 5) is 13.9. The molecule has 7 nitrogen and oxygen atoms in total. The number of rotatable bonds is 3. The van der Waals surface area contributed by atoms with E-state index in [1.54, 1.807) is 11.6 Å². The maximum Gasteiger partial charge on any atom is 0.406 e. The molecule has 0 aromatic carbocycles. The van der Waals surface area contributed by atoms with Gasteiger partial charge in [-0.2, -0.15) is 0 Å². The van der Waals surface area contributed by atoms with Crippen molar-refractivity contribution >= 4 is 11.6 Å². The van der Waals surface area contributed by atoms with Gasteiger partial charge in [0.15, 0.2) is 0 Å². The van der Waals surface area contributed by atoms with Crippen LogP contribution in [0.15, 0.2) is 6.33 Å². The molecule has 3 N–H and O–H groups in total. The second-order valence-corrected chi connectivity index (χ2v) is 3.86. The molecule has 1 heterocycles. The Morgan fingerprint density at radius 1 is 1.73 bits per heavy atom. The summed E-state index contributed by atoms with van der Waals surface area (Å²) in [5.41, 5.74) is 5.64. The van der Waals surface area contributed by atoms with E-state index < -0.39 is 4.92 Å². The highest BCUT2D eigenvalue weighted by Gasteiger charge is 2.29. The topological polar surface area (TPSA) is 99.0 Å². The van der Waals surface area contributed by atoms with Crippen molar-refractivity contribution in [2.45, 2.75) is 24.9 Å². The Morgan fingerprint density at radius 2 is 2.40 bits per heavy atom. The van der Waals surface area contributed by atoms with Crippen molar-refractivity contribution < 1.29 is 4.92 Å². The predicted octanol–water partition coefficient (Wildman–Crippen LogP) is 0.230. The zero-order valence-corrected chi connectivity index (χ0v) is 8.38. The van der Waals surface area contributed by atoms with Crippen molar-refractivity contribution in [3.63, 3.8) is 0 Å². The molecule has 0 bridgehead atoms. The number of nitrogens with zero attached hydrogens (tertiary/aromatic N) is 3. The van der Waals surface area contributed by atoms with Crippen LogP contribution in [0.4, 0.5) is 11.6 Å². The van der Waals surface area contributed by atoms with Gasteiger partial charge >= 0.3 is 5.82 Å². The number of aromatic nitrogens is 2. The monoisotopic (exact) mass is 211 g/mol. The van der Waals surface area contributed by atoms with Crippen molar-refractivity contribution in [1.29, 1.82) is 0 Å². The summed E-state index contributed by atoms with van der Waals surface area (Å²) in [5.74, 6) is 0.329. The summed E-state index contributed by atoms with van der Waals surface area (Å²) in [6.45, 7) is 0. The molecule has 2 rings (SSSR count). The fourth-order valence-corrected chi connectivity index (χ4v) is 1.69. The molecule has 1 aromatic rings. The summed E-state index contributed by atoms with van der Waals surface area (Å²) >= 11 is 0. The van der Waals surface area contributed by atoms with Crippen molar-refractivity contribution in [1.82, 2.24) is 9.55 Å². The van der Waals surface area contributed by atoms with E-state index in [4.69, 9.17) is 5.73 Å². The van der Waals surface area contributed by atoms with Crippen LogP contribution in [0.5, 0.6) is 0 Å². The van der Waals surface area contributed by atoms with Crippen LogP contribution in [0.25, 0.3) is 0 Å². The Balaban J connectivity index is 2.12. The molecule has 0 atom stereocenters. The van der Waals surface area contributed by atoms with E-state index in [1.807, 2.05) is 0 Å². The van der Waals surface area contributed by atoms with Gasteiger partial charge in [0.2, 0.25) is 12.1 Å². The quantitative estimate of drug-likeness (QED) is 0.550. The third-order valence-corrected chi connectivity index (χ3v) is 2.61. The lowest BCUT2D eigenvalue weighted by Crippen LogP contribution is -2.44. The summed E-state index contributed by atoms with van der Waals surface area (Å²) < 4.78 is 1.61. The molecule has 0 spiro atoms. The third-order valence-electron chi connectivity index (χ3n) is 2.61. The first-order valence-corrected chi connectivity index (χ1v) is 4.75. The third kappa shape index (κ3) is 1.78. The SMILES string of the molecule is Cn1cnc([N+](=O)[O-])c1NC1CC(N)C1. The van der Waals surface area contributed by atoms with Crippen molar-refractivity contribution in [2.24, 2.45) is 12.8 Å². The number of hydrogen-bond acceptors (Lipinski definition) is 5. The standard InChI is InChI=1S/C8H13N5O2/c1-12-4-10-7(13(14)15)8(12)11-6-2-5(9)3-6/h4-6,11H,2-3,9H2,1H3. The highest BCUT2D eigenvalue weighted by Crippen LogP contribution is 2.27. The molecule has 0 amide bonds. The Kier molecular flexibility index (Phi) is 2.31. The van der Waals surface area contributed by atoms with E-state index in [-0.39, 0.29) is 17.9 Å². The van der Waals surface area contributed by atoms with Gasteiger partial charge in [-0.05, 0) is 22.7 Å². The van der Waals surface area contributed by atoms with Gasteiger partial charge in [0.1, 0.15) is 0 Å². The van der Waals surface area contributed by atoms with Gasteiger partial charge in [-0.1, -0.05) is 0 Å². The molecule has 0 saturated heterocycles. The number of anilines is 1. The fraction of sp³-hybridized carbons (Fsp3) is 0.625. The maximum atomic E-state index is 10.7. The molecule has 7 heteroatoms. The van der Waals surface area contributed by atoms with Crippen LogP contribution in [0.1, 0.15) is 12.8 Å². The Labute approximate surface area is 86.4 Å². The summed E-state index contributed by atoms with van der Waals surface area (Å²) in [7, 11) is 1.72. The average Bonchev–Trinajstić information content (AvgIpc) is 2.45. The average molecular weight is 211 g/mol. The van der Waals surface area contributed by atoms with Crippen LogP contribution >= 0.6 is 0 Å². The van der Waals surface area contributed by atoms with Gasteiger partial charge in [0.25, 0.3) is 0 Å². The smallest absolute Gasteiger partial charge is 0.361 e. The minimum atomic E-state index is -0.485. The number of nitrogens with two attached hydrogens (primary N) is 1. The number of nitrogens with one attached hydrogen (secondary N) is 1. The highest BCUT2D eigenvalue weighted by molar-refractivity contribution is 5.53. The number of imidazole rings is 1. The van der Waals surface area contributed by atoms with Crippen LogP contribution in [-0.4, -0.2) is 26.6 Å². The second kappa shape index (κ2) is 3.50. The molecule has 0 aliphatic heterocycles. The fourth-order valence-electron chi connectivity index (χ4n) is 1.69. The minimum Gasteiger partial charge on any atom is -0.361 e. The summed E-state index contributed by atoms with van der Waals surface area (Å²) in [6, 6.07) is 0.448. The number of nitro groups is 1. The largest absolute Gasteiger partial charge is 0.406 e. The molecule has 1 aliphatic rings. The highest BCUT2D eigenvalue weighted by atomic mass is 16.6. The molecule has 0 radical (unpaired) electrons. The molecular formula is C8H13N5O2. The Bertz CT molecular complexity index is 382. The van der Waals surface area contributed by atoms with E-state index in [2.05, 4.69) is 10.3 Å². The van der Waals surface area contributed by atoms with Crippen LogP contribution < -0.4 is 11.1 Å². The zero-order chi connectivity index (χ0) is 11.0. The molecular weight excluding hydrogens is 198 g/mol. The van der Waals surface area contributed by atoms with Crippen molar-refractivity contribution in [3.05, 3.63) is 16.4 Å². The molecule has 82 valence electrons. The molecule has 1 saturated carbocycles. The predicted molar refractivity (Wildman–Crippen MR) is 54.5 cm³/mol. The van der Waals surface area contributed by atoms with Crippen molar-refractivity contribution in [3.8, 4) is 0 Å². The Morgan fingerprint density at radius 3 is 2.93 bits per heavy atom. The van der Waals surface area contributed by atoms with Crippen LogP contribution in [0.3, 0.4) is 0 Å². The minimum absolute atomic E-state index is 0.127. The van der Waals surface area contributed by atoms with Crippen LogP contribution in [-0.2, 0) is 7.05 Å². The molecule has 1 aromatic heterocycles. The molecule has 1 fully saturated rings. The van der Waals surface area contributed by atoms with Crippen LogP contribution in [0.2, 0.25) is 0 Å². The van der Waals surface area contributed by atoms with Gasteiger partial charge in [0, 0.05) is 19.1 Å². The van der Waals surface area contributed by atoms with Gasteiger partial charge in [-0.3, -0.25) is 4.57 Å². The zero-order valence-electron chi connectivity index (χ0n) is 8.38. The van der Waals surface area contributed by atoms with Gasteiger partial charge in [-0.15, -0.1) is 0 Å². The lowest BCUT2D eigenvalue weighted by Gasteiger charge is -2.33. The maximum absolute atomic E-state index is 10.7. The summed E-state index contributed by atoms with van der Waals surface area (Å²) in [6.07, 6.45) is 3.13. The lowest BCUT2D eigenvalue weighted by molar-refractivity contribution is -0.388. The van der Waals surface area contributed by atoms with E-state index in [0.717, 1.165) is 12.8 Å². The van der Waals surface area contributed by atoms with E-state index >= 15 is 0 Å². The molecule has 0 unspecified atom stereocenters. The van der Waals surface area contributed by atoms with Crippen LogP contribution in [0, 0.1) is 10.1 Å². The Hall–Kier alpha value is -1.63. The number of hydrogen-bond donors (Lipinski definition) is 2. The van der Waals surface area contributed by atoms with Gasteiger partial charge < -0.3 is 21.2 Å². The lowest BCUT2D eigenvalue weighted by atomic mass is 9.88. The first kappa shape index (κ1) is 9.91. The molecule has 15 heavy (non-hydrogen) atoms.